The molecule has 0 bridgehead atoms. The Bertz CT molecular complexity index is 84.2. The highest BCUT2D eigenvalue weighted by Gasteiger charge is 2.05. The molecule has 0 heterocycles. The fraction of sp³-hybridized carbons (Fsp3) is 1.00. The Balaban J connectivity index is 3.36. The molecule has 3 nitrogen and oxygen atoms in total. The van der Waals surface area contributed by atoms with E-state index >= 15 is 0 Å². The third kappa shape index (κ3) is 6.15. The van der Waals surface area contributed by atoms with Gasteiger partial charge in [-0.25, -0.2) is 0 Å². The van der Waals surface area contributed by atoms with E-state index < -0.39 is 7.37 Å². The molecule has 44 valence electrons. The molecule has 4 heteroatoms. The number of hydrogen-bond acceptors (Lipinski definition) is 2. The highest BCUT2D eigenvalue weighted by atomic mass is 31.2. The highest BCUT2D eigenvalue weighted by Crippen LogP contribution is 2.33. The van der Waals surface area contributed by atoms with Crippen LogP contribution < -0.4 is 0 Å². The molecular weight excluding hydrogens is 115 g/mol. The predicted molar refractivity (Wildman–Crippen MR) is 27.7 cm³/mol. The summed E-state index contributed by atoms with van der Waals surface area (Å²) >= 11 is 0. The topological polar surface area (TPSA) is 57.5 Å². The van der Waals surface area contributed by atoms with E-state index in [1.54, 1.807) is 0 Å². The zero-order chi connectivity index (χ0) is 5.91. The van der Waals surface area contributed by atoms with E-state index in [0.29, 0.717) is 0 Å². The summed E-state index contributed by atoms with van der Waals surface area (Å²) in [6, 6.07) is 0. The molecule has 2 N–H and O–H groups in total. The van der Waals surface area contributed by atoms with Crippen molar-refractivity contribution in [2.45, 2.75) is 0 Å². The number of hydrogen-bond donors (Lipinski definition) is 2. The molecule has 1 unspecified atom stereocenters. The summed E-state index contributed by atoms with van der Waals surface area (Å²) in [5.41, 5.74) is 0. The molecule has 0 aromatic rings. The van der Waals surface area contributed by atoms with Crippen LogP contribution in [0.25, 0.3) is 0 Å². The van der Waals surface area contributed by atoms with Gasteiger partial charge in [0, 0.05) is 12.8 Å². The summed E-state index contributed by atoms with van der Waals surface area (Å²) in [4.78, 5) is 8.41. The van der Waals surface area contributed by atoms with Crippen molar-refractivity contribution < 1.29 is 14.6 Å². The van der Waals surface area contributed by atoms with E-state index in [1.165, 1.54) is 6.66 Å². The second-order valence-corrected chi connectivity index (χ2v) is 4.05. The van der Waals surface area contributed by atoms with Crippen molar-refractivity contribution in [3.05, 3.63) is 0 Å². The molecule has 0 fully saturated rings. The Hall–Kier alpha value is 0.150. The van der Waals surface area contributed by atoms with Crippen molar-refractivity contribution >= 4 is 7.37 Å². The maximum absolute atomic E-state index is 10.2. The van der Waals surface area contributed by atoms with Crippen LogP contribution in [-0.4, -0.2) is 29.4 Å². The molecule has 0 rings (SSSR count). The smallest absolute Gasteiger partial charge is 0.199 e. The van der Waals surface area contributed by atoms with Gasteiger partial charge in [-0.05, 0) is 0 Å². The van der Waals surface area contributed by atoms with E-state index in [4.69, 9.17) is 10.00 Å². The number of aliphatic hydroxyl groups is 1. The lowest BCUT2D eigenvalue weighted by atomic mass is 10.9. The van der Waals surface area contributed by atoms with E-state index in [2.05, 4.69) is 0 Å². The molecule has 7 heavy (non-hydrogen) atoms. The molecular formula is C3H9O3P. The van der Waals surface area contributed by atoms with Crippen LogP contribution >= 0.6 is 7.37 Å². The zero-order valence-corrected chi connectivity index (χ0v) is 5.06. The fourth-order valence-electron chi connectivity index (χ4n) is 0.186. The van der Waals surface area contributed by atoms with Crippen LogP contribution in [0.4, 0.5) is 0 Å². The summed E-state index contributed by atoms with van der Waals surface area (Å²) in [6.07, 6.45) is 0.00694. The van der Waals surface area contributed by atoms with Crippen LogP contribution in [0, 0.1) is 0 Å². The molecule has 0 saturated carbocycles. The van der Waals surface area contributed by atoms with Crippen LogP contribution in [0.5, 0.6) is 0 Å². The monoisotopic (exact) mass is 124 g/mol. The largest absolute Gasteiger partial charge is 0.396 e. The second-order valence-electron chi connectivity index (χ2n) is 1.50. The number of rotatable bonds is 2. The van der Waals surface area contributed by atoms with E-state index in [0.717, 1.165) is 0 Å². The molecule has 0 radical (unpaired) electrons. The summed E-state index contributed by atoms with van der Waals surface area (Å²) in [6.45, 7) is 1.02. The second kappa shape index (κ2) is 2.46. The maximum atomic E-state index is 10.2. The third-order valence-electron chi connectivity index (χ3n) is 0.515. The minimum absolute atomic E-state index is 0.00694. The molecule has 0 aliphatic rings. The van der Waals surface area contributed by atoms with Crippen molar-refractivity contribution in [2.75, 3.05) is 19.4 Å². The van der Waals surface area contributed by atoms with Crippen LogP contribution in [0.1, 0.15) is 0 Å². The average Bonchev–Trinajstić information content (AvgIpc) is 1.30. The van der Waals surface area contributed by atoms with Gasteiger partial charge in [-0.2, -0.15) is 0 Å². The van der Waals surface area contributed by atoms with Crippen LogP contribution in [0.3, 0.4) is 0 Å². The zero-order valence-electron chi connectivity index (χ0n) is 4.16. The van der Waals surface area contributed by atoms with Crippen LogP contribution in [0.15, 0.2) is 0 Å². The molecule has 0 saturated heterocycles. The van der Waals surface area contributed by atoms with Gasteiger partial charge in [-0.1, -0.05) is 0 Å². The lowest BCUT2D eigenvalue weighted by Crippen LogP contribution is -1.90. The first-order valence-corrected chi connectivity index (χ1v) is 4.25. The van der Waals surface area contributed by atoms with Gasteiger partial charge in [0.15, 0.2) is 7.37 Å². The SMILES string of the molecule is CP(=O)(O)CCO. The van der Waals surface area contributed by atoms with Gasteiger partial charge in [0.25, 0.3) is 0 Å². The Morgan fingerprint density at radius 3 is 2.14 bits per heavy atom. The maximum Gasteiger partial charge on any atom is 0.199 e. The molecule has 0 spiro atoms. The van der Waals surface area contributed by atoms with Gasteiger partial charge in [0.1, 0.15) is 0 Å². The Kier molecular flexibility index (Phi) is 2.51. The third-order valence-corrected chi connectivity index (χ3v) is 1.54. The van der Waals surface area contributed by atoms with Gasteiger partial charge < -0.3 is 10.00 Å². The van der Waals surface area contributed by atoms with Crippen molar-refractivity contribution in [3.63, 3.8) is 0 Å². The molecule has 0 aromatic carbocycles. The number of aliphatic hydroxyl groups excluding tert-OH is 1. The van der Waals surface area contributed by atoms with Gasteiger partial charge in [-0.3, -0.25) is 4.57 Å². The van der Waals surface area contributed by atoms with Crippen molar-refractivity contribution in [3.8, 4) is 0 Å². The molecule has 0 aromatic heterocycles. The molecule has 0 aliphatic heterocycles. The quantitative estimate of drug-likeness (QED) is 0.504. The normalized spacial score (nSPS) is 18.7. The highest BCUT2D eigenvalue weighted by molar-refractivity contribution is 7.57. The first-order valence-electron chi connectivity index (χ1n) is 1.96. The Morgan fingerprint density at radius 1 is 1.71 bits per heavy atom. The van der Waals surface area contributed by atoms with Crippen molar-refractivity contribution in [1.29, 1.82) is 0 Å². The van der Waals surface area contributed by atoms with Gasteiger partial charge >= 0.3 is 0 Å². The van der Waals surface area contributed by atoms with Crippen molar-refractivity contribution in [1.82, 2.24) is 0 Å². The minimum Gasteiger partial charge on any atom is -0.396 e. The molecule has 1 atom stereocenters. The Morgan fingerprint density at radius 2 is 2.14 bits per heavy atom. The average molecular weight is 124 g/mol. The molecule has 0 aliphatic carbocycles. The van der Waals surface area contributed by atoms with E-state index in [9.17, 15) is 4.57 Å². The lowest BCUT2D eigenvalue weighted by molar-refractivity contribution is 0.315. The first kappa shape index (κ1) is 7.15. The molecule has 0 amide bonds. The van der Waals surface area contributed by atoms with Crippen LogP contribution in [0.2, 0.25) is 0 Å². The first-order chi connectivity index (χ1) is 3.06. The summed E-state index contributed by atoms with van der Waals surface area (Å²) < 4.78 is 10.2. The van der Waals surface area contributed by atoms with Gasteiger partial charge in [0.05, 0.1) is 6.61 Å². The van der Waals surface area contributed by atoms with Crippen molar-refractivity contribution in [2.24, 2.45) is 0 Å². The summed E-state index contributed by atoms with van der Waals surface area (Å²) in [5.74, 6) is 0. The van der Waals surface area contributed by atoms with Gasteiger partial charge in [-0.15, -0.1) is 0 Å². The summed E-state index contributed by atoms with van der Waals surface area (Å²) in [7, 11) is -2.92. The van der Waals surface area contributed by atoms with E-state index in [-0.39, 0.29) is 12.8 Å². The van der Waals surface area contributed by atoms with E-state index in [1.807, 2.05) is 0 Å². The fourth-order valence-corrected chi connectivity index (χ4v) is 0.557. The minimum atomic E-state index is -2.92. The lowest BCUT2D eigenvalue weighted by Gasteiger charge is -1.98. The van der Waals surface area contributed by atoms with Gasteiger partial charge in [0.2, 0.25) is 0 Å². The standard InChI is InChI=1S/C3H9O3P/c1-7(5,6)3-2-4/h4H,2-3H2,1H3,(H,5,6). The van der Waals surface area contributed by atoms with Crippen LogP contribution in [-0.2, 0) is 4.57 Å². The Labute approximate surface area is 42.4 Å². The summed E-state index contributed by atoms with van der Waals surface area (Å²) in [5, 5.41) is 8.07. The predicted octanol–water partition coefficient (Wildman–Crippen LogP) is -0.121.